The van der Waals surface area contributed by atoms with Crippen LogP contribution in [0.1, 0.15) is 74.2 Å². The summed E-state index contributed by atoms with van der Waals surface area (Å²) in [7, 11) is -9.89. The van der Waals surface area contributed by atoms with E-state index in [1.54, 1.807) is 36.4 Å². The quantitative estimate of drug-likeness (QED) is 0.231. The highest BCUT2D eigenvalue weighted by atomic mass is 32.2. The van der Waals surface area contributed by atoms with Crippen LogP contribution in [0.2, 0.25) is 0 Å². The summed E-state index contributed by atoms with van der Waals surface area (Å²) in [4.78, 5) is 14.9. The van der Waals surface area contributed by atoms with Gasteiger partial charge in [-0.05, 0) is 42.7 Å². The van der Waals surface area contributed by atoms with Crippen molar-refractivity contribution in [1.29, 1.82) is 0 Å². The maximum Gasteiger partial charge on any atom is 0.300 e. The maximum atomic E-state index is 13.0. The van der Waals surface area contributed by atoms with E-state index in [1.807, 2.05) is 41.5 Å². The number of nitrogens with zero attached hydrogens (tertiary/aromatic N) is 1. The lowest BCUT2D eigenvalue weighted by molar-refractivity contribution is 0.112. The highest BCUT2D eigenvalue weighted by Crippen LogP contribution is 2.52. The molecule has 3 aliphatic heterocycles. The summed E-state index contributed by atoms with van der Waals surface area (Å²) in [5.41, 5.74) is 1.82. The number of ether oxygens (including phenoxy) is 1. The number of fused-ring (bicyclic) bond motifs is 4. The third-order valence-corrected chi connectivity index (χ3v) is 11.0. The van der Waals surface area contributed by atoms with Crippen LogP contribution < -0.4 is 20.6 Å². The molecule has 0 amide bonds. The Labute approximate surface area is 243 Å². The second-order valence-electron chi connectivity index (χ2n) is 12.3. The minimum absolute atomic E-state index is 0.0373. The fraction of sp³-hybridized carbons (Fsp3) is 0.333. The first-order chi connectivity index (χ1) is 19.4. The molecule has 2 unspecified atom stereocenters. The van der Waals surface area contributed by atoms with Gasteiger partial charge in [0.05, 0.1) is 17.1 Å². The van der Waals surface area contributed by atoms with E-state index in [-0.39, 0.29) is 34.6 Å². The first-order valence-corrected chi connectivity index (χ1v) is 16.2. The Hall–Kier alpha value is -3.58. The predicted molar refractivity (Wildman–Crippen MR) is 155 cm³/mol. The molecule has 10 nitrogen and oxygen atoms in total. The molecule has 12 heteroatoms. The molecule has 6 rings (SSSR count). The number of rotatable bonds is 4. The average Bonchev–Trinajstić information content (AvgIpc) is 3.24. The Bertz CT molecular complexity index is 2080. The zero-order valence-electron chi connectivity index (χ0n) is 23.8. The number of benzene rings is 3. The molecule has 0 radical (unpaired) electrons. The Morgan fingerprint density at radius 2 is 1.50 bits per heavy atom. The highest BCUT2D eigenvalue weighted by molar-refractivity contribution is 7.86. The van der Waals surface area contributed by atoms with Crippen molar-refractivity contribution in [3.8, 4) is 11.5 Å². The van der Waals surface area contributed by atoms with Crippen molar-refractivity contribution in [2.24, 2.45) is 4.99 Å². The van der Waals surface area contributed by atoms with E-state index in [0.29, 0.717) is 44.9 Å². The Balaban J connectivity index is 1.89. The van der Waals surface area contributed by atoms with Gasteiger partial charge in [-0.15, -0.1) is 0 Å². The van der Waals surface area contributed by atoms with Crippen molar-refractivity contribution >= 4 is 37.8 Å². The molecule has 0 bridgehead atoms. The van der Waals surface area contributed by atoms with E-state index in [2.05, 4.69) is 10.3 Å². The van der Waals surface area contributed by atoms with Gasteiger partial charge in [-0.2, -0.15) is 16.8 Å². The van der Waals surface area contributed by atoms with Gasteiger partial charge in [-0.25, -0.2) is 0 Å². The molecule has 0 fully saturated rings. The number of nitrogens with one attached hydrogen (secondary N) is 1. The monoisotopic (exact) mass is 610 g/mol. The molecule has 3 heterocycles. The van der Waals surface area contributed by atoms with Crippen molar-refractivity contribution in [2.75, 3.05) is 5.32 Å². The second kappa shape index (κ2) is 8.73. The SMILES string of the molecule is CC1N=c2c(cc3c(c2S(=O)(=O)O)Oc2c(cc4c(c2S(=O)(=O)O)NC(C)C4(C)C)C=3c2ccc(C=O)cc2)C1(C)C. The molecule has 0 spiro atoms. The van der Waals surface area contributed by atoms with Crippen molar-refractivity contribution in [2.45, 2.75) is 74.2 Å². The van der Waals surface area contributed by atoms with Crippen LogP contribution in [0.15, 0.2) is 51.2 Å². The summed E-state index contributed by atoms with van der Waals surface area (Å²) in [6.45, 7) is 11.4. The van der Waals surface area contributed by atoms with Gasteiger partial charge in [0.15, 0.2) is 21.3 Å². The van der Waals surface area contributed by atoms with Gasteiger partial charge in [0, 0.05) is 38.8 Å². The summed E-state index contributed by atoms with van der Waals surface area (Å²) < 4.78 is 79.3. The molecule has 3 N–H and O–H groups in total. The highest BCUT2D eigenvalue weighted by Gasteiger charge is 2.45. The minimum atomic E-state index is -4.96. The first-order valence-electron chi connectivity index (χ1n) is 13.4. The molecule has 3 aromatic carbocycles. The second-order valence-corrected chi connectivity index (χ2v) is 15.0. The summed E-state index contributed by atoms with van der Waals surface area (Å²) >= 11 is 0. The zero-order valence-corrected chi connectivity index (χ0v) is 25.4. The molecule has 220 valence electrons. The number of carbonyl (C=O) groups excluding carboxylic acids is 1. The number of aldehydes is 1. The molecule has 3 aliphatic rings. The predicted octanol–water partition coefficient (Wildman–Crippen LogP) is 3.74. The van der Waals surface area contributed by atoms with Crippen molar-refractivity contribution in [3.63, 3.8) is 0 Å². The first kappa shape index (κ1) is 28.5. The molecule has 0 saturated heterocycles. The topological polar surface area (TPSA) is 159 Å². The van der Waals surface area contributed by atoms with Crippen LogP contribution in [0.25, 0.3) is 5.57 Å². The molecule has 42 heavy (non-hydrogen) atoms. The van der Waals surface area contributed by atoms with Crippen LogP contribution in [0, 0.1) is 0 Å². The third-order valence-electron chi connectivity index (χ3n) is 9.24. The van der Waals surface area contributed by atoms with Crippen LogP contribution in [-0.4, -0.2) is 44.3 Å². The molecule has 0 aliphatic carbocycles. The van der Waals surface area contributed by atoms with E-state index in [9.17, 15) is 30.7 Å². The van der Waals surface area contributed by atoms with E-state index < -0.39 is 40.9 Å². The van der Waals surface area contributed by atoms with Crippen LogP contribution >= 0.6 is 0 Å². The van der Waals surface area contributed by atoms with E-state index in [1.165, 1.54) is 0 Å². The van der Waals surface area contributed by atoms with Gasteiger partial charge < -0.3 is 10.1 Å². The van der Waals surface area contributed by atoms with Crippen molar-refractivity contribution < 1.29 is 35.5 Å². The summed E-state index contributed by atoms with van der Waals surface area (Å²) in [6.07, 6.45) is 0.688. The van der Waals surface area contributed by atoms with Gasteiger partial charge in [0.25, 0.3) is 20.2 Å². The Kier molecular flexibility index (Phi) is 5.93. The number of hydrogen-bond donors (Lipinski definition) is 3. The van der Waals surface area contributed by atoms with E-state index in [0.717, 1.165) is 0 Å². The van der Waals surface area contributed by atoms with Gasteiger partial charge in [-0.3, -0.25) is 18.9 Å². The fourth-order valence-corrected chi connectivity index (χ4v) is 7.70. The minimum Gasteiger partial charge on any atom is -0.453 e. The van der Waals surface area contributed by atoms with Gasteiger partial charge >= 0.3 is 0 Å². The maximum absolute atomic E-state index is 13.0. The standard InChI is InChI=1S/C30H30N2O8S2/c1-14-29(3,4)20-11-18-22(17-9-7-16(13-33)8-10-17)19-12-21-24(32-15(2)30(21,5)6)28(42(37,38)39)26(19)40-25(18)27(23(20)31-14)41(34,35)36/h7-15,31H,1-6H3,(H,34,35,36)(H,37,38,39). The number of anilines is 1. The molecule has 0 aromatic heterocycles. The van der Waals surface area contributed by atoms with Gasteiger partial charge in [0.2, 0.25) is 0 Å². The average molecular weight is 611 g/mol. The number of hydrogen-bond acceptors (Lipinski definition) is 8. The molecular formula is C30H30N2O8S2. The van der Waals surface area contributed by atoms with Crippen LogP contribution in [0.4, 0.5) is 5.69 Å². The lowest BCUT2D eigenvalue weighted by Crippen LogP contribution is -2.33. The zero-order chi connectivity index (χ0) is 30.7. The molecule has 3 aromatic rings. The Morgan fingerprint density at radius 3 is 2.07 bits per heavy atom. The van der Waals surface area contributed by atoms with Gasteiger partial charge in [0.1, 0.15) is 6.29 Å². The smallest absolute Gasteiger partial charge is 0.300 e. The van der Waals surface area contributed by atoms with E-state index in [4.69, 9.17) is 4.74 Å². The van der Waals surface area contributed by atoms with Crippen molar-refractivity contribution in [3.05, 3.63) is 74.8 Å². The van der Waals surface area contributed by atoms with Crippen LogP contribution in [0.5, 0.6) is 11.5 Å². The number of carbonyl (C=O) groups is 1. The summed E-state index contributed by atoms with van der Waals surface area (Å²) in [6, 6.07) is 9.50. The van der Waals surface area contributed by atoms with Crippen LogP contribution in [-0.2, 0) is 31.1 Å². The van der Waals surface area contributed by atoms with Gasteiger partial charge in [-0.1, -0.05) is 52.0 Å². The molecule has 2 atom stereocenters. The summed E-state index contributed by atoms with van der Waals surface area (Å²) in [5, 5.41) is 3.49. The largest absolute Gasteiger partial charge is 0.453 e. The van der Waals surface area contributed by atoms with Crippen LogP contribution in [0.3, 0.4) is 0 Å². The fourth-order valence-electron chi connectivity index (χ4n) is 6.10. The normalized spacial score (nSPS) is 21.3. The lowest BCUT2D eigenvalue weighted by atomic mass is 9.78. The molecule has 0 saturated carbocycles. The lowest BCUT2D eigenvalue weighted by Gasteiger charge is -2.29. The van der Waals surface area contributed by atoms with E-state index >= 15 is 0 Å². The Morgan fingerprint density at radius 1 is 0.881 bits per heavy atom. The van der Waals surface area contributed by atoms with Crippen molar-refractivity contribution in [1.82, 2.24) is 0 Å². The summed E-state index contributed by atoms with van der Waals surface area (Å²) in [5.74, 6) is -0.590. The third kappa shape index (κ3) is 3.89. The molecular weight excluding hydrogens is 580 g/mol.